The van der Waals surface area contributed by atoms with E-state index in [1.54, 1.807) is 31.6 Å². The maximum Gasteiger partial charge on any atom is 0.367 e. The molecule has 2 heterocycles. The highest BCUT2D eigenvalue weighted by Crippen LogP contribution is 2.26. The maximum absolute atomic E-state index is 11.8. The van der Waals surface area contributed by atoms with Crippen molar-refractivity contribution in [2.75, 3.05) is 7.11 Å². The Morgan fingerprint density at radius 2 is 2.40 bits per heavy atom. The molecule has 1 unspecified atom stereocenters. The first kappa shape index (κ1) is 12.5. The summed E-state index contributed by atoms with van der Waals surface area (Å²) in [6, 6.07) is 3.54. The molecule has 3 rings (SSSR count). The van der Waals surface area contributed by atoms with Gasteiger partial charge in [-0.05, 0) is 36.8 Å². The van der Waals surface area contributed by atoms with Crippen LogP contribution in [0.4, 0.5) is 0 Å². The fourth-order valence-corrected chi connectivity index (χ4v) is 2.16. The number of oxime groups is 1. The van der Waals surface area contributed by atoms with Crippen LogP contribution in [-0.4, -0.2) is 18.8 Å². The van der Waals surface area contributed by atoms with Crippen LogP contribution in [0.1, 0.15) is 12.2 Å². The molecule has 0 fully saturated rings. The molecule has 0 radical (unpaired) electrons. The Kier molecular flexibility index (Phi) is 3.25. The summed E-state index contributed by atoms with van der Waals surface area (Å²) in [6.45, 7) is 0. The first-order valence-corrected chi connectivity index (χ1v) is 6.25. The van der Waals surface area contributed by atoms with E-state index in [0.29, 0.717) is 23.5 Å². The number of hydrogen-bond donors (Lipinski definition) is 0. The van der Waals surface area contributed by atoms with Gasteiger partial charge in [-0.1, -0.05) is 11.2 Å². The minimum Gasteiger partial charge on any atom is -0.497 e. The van der Waals surface area contributed by atoms with E-state index in [4.69, 9.17) is 14.0 Å². The first-order chi connectivity index (χ1) is 9.78. The summed E-state index contributed by atoms with van der Waals surface area (Å²) in [4.78, 5) is 16.5. The van der Waals surface area contributed by atoms with Gasteiger partial charge in [0.1, 0.15) is 17.2 Å². The highest BCUT2D eigenvalue weighted by Gasteiger charge is 2.31. The van der Waals surface area contributed by atoms with Crippen molar-refractivity contribution >= 4 is 17.8 Å². The molecule has 1 aromatic rings. The zero-order valence-electron chi connectivity index (χ0n) is 10.9. The van der Waals surface area contributed by atoms with Crippen LogP contribution in [0.5, 0.6) is 0 Å². The molecule has 0 saturated heterocycles. The number of nitrogens with zero attached hydrogens (tertiary/aromatic N) is 1. The van der Waals surface area contributed by atoms with Crippen LogP contribution in [0.3, 0.4) is 0 Å². The zero-order chi connectivity index (χ0) is 13.9. The molecule has 0 bridgehead atoms. The zero-order valence-corrected chi connectivity index (χ0v) is 10.9. The van der Waals surface area contributed by atoms with Gasteiger partial charge in [0.25, 0.3) is 0 Å². The smallest absolute Gasteiger partial charge is 0.367 e. The predicted molar refractivity (Wildman–Crippen MR) is 72.6 cm³/mol. The quantitative estimate of drug-likeness (QED) is 0.626. The van der Waals surface area contributed by atoms with Crippen molar-refractivity contribution in [3.63, 3.8) is 0 Å². The third-order valence-electron chi connectivity index (χ3n) is 3.21. The van der Waals surface area contributed by atoms with Crippen molar-refractivity contribution in [3.8, 4) is 0 Å². The second-order valence-electron chi connectivity index (χ2n) is 4.44. The fraction of sp³-hybridized carbons (Fsp3) is 0.200. The Hall–Kier alpha value is -2.56. The molecule has 102 valence electrons. The number of carbonyl (C=O) groups excluding carboxylic acids is 1. The van der Waals surface area contributed by atoms with Gasteiger partial charge in [0.05, 0.1) is 18.9 Å². The minimum absolute atomic E-state index is 0.00145. The standard InChI is InChI=1S/C15H13NO4/c1-18-11-6-4-10(5-7-11)14-13(15(17)20-16-14)9-12-3-2-8-19-12/h2-4,6-10H,5H2,1H3/b13-9-. The third-order valence-corrected chi connectivity index (χ3v) is 3.21. The van der Waals surface area contributed by atoms with Crippen LogP contribution in [-0.2, 0) is 14.4 Å². The van der Waals surface area contributed by atoms with Crippen molar-refractivity contribution in [1.29, 1.82) is 0 Å². The Labute approximate surface area is 115 Å². The molecule has 0 spiro atoms. The molecule has 0 saturated carbocycles. The van der Waals surface area contributed by atoms with Crippen LogP contribution in [0.15, 0.2) is 57.5 Å². The molecular formula is C15H13NO4. The van der Waals surface area contributed by atoms with Gasteiger partial charge in [0, 0.05) is 5.92 Å². The van der Waals surface area contributed by atoms with Crippen molar-refractivity contribution in [3.05, 3.63) is 53.7 Å². The normalized spacial score (nSPS) is 23.6. The van der Waals surface area contributed by atoms with Crippen LogP contribution < -0.4 is 0 Å². The Balaban J connectivity index is 1.85. The number of carbonyl (C=O) groups is 1. The van der Waals surface area contributed by atoms with Crippen LogP contribution in [0.2, 0.25) is 0 Å². The van der Waals surface area contributed by atoms with Crippen LogP contribution in [0.25, 0.3) is 6.08 Å². The Morgan fingerprint density at radius 1 is 1.50 bits per heavy atom. The molecule has 1 aliphatic heterocycles. The molecule has 1 atom stereocenters. The van der Waals surface area contributed by atoms with E-state index >= 15 is 0 Å². The van der Waals surface area contributed by atoms with E-state index in [1.807, 2.05) is 18.2 Å². The number of furan rings is 1. The summed E-state index contributed by atoms with van der Waals surface area (Å²) in [6.07, 6.45) is 9.69. The minimum atomic E-state index is -0.452. The molecule has 0 aromatic carbocycles. The summed E-state index contributed by atoms with van der Waals surface area (Å²) < 4.78 is 10.4. The molecule has 0 amide bonds. The topological polar surface area (TPSA) is 61.0 Å². The molecule has 0 N–H and O–H groups in total. The van der Waals surface area contributed by atoms with Crippen molar-refractivity contribution < 1.29 is 18.8 Å². The summed E-state index contributed by atoms with van der Waals surface area (Å²) >= 11 is 0. The predicted octanol–water partition coefficient (Wildman–Crippen LogP) is 2.68. The largest absolute Gasteiger partial charge is 0.497 e. The second-order valence-corrected chi connectivity index (χ2v) is 4.44. The van der Waals surface area contributed by atoms with Gasteiger partial charge in [-0.3, -0.25) is 0 Å². The van der Waals surface area contributed by atoms with E-state index in [2.05, 4.69) is 5.16 Å². The number of methoxy groups -OCH3 is 1. The fourth-order valence-electron chi connectivity index (χ4n) is 2.16. The molecule has 1 aromatic heterocycles. The number of rotatable bonds is 3. The van der Waals surface area contributed by atoms with Crippen molar-refractivity contribution in [2.24, 2.45) is 11.1 Å². The van der Waals surface area contributed by atoms with Crippen molar-refractivity contribution in [2.45, 2.75) is 6.42 Å². The van der Waals surface area contributed by atoms with Gasteiger partial charge in [-0.25, -0.2) is 4.79 Å². The van der Waals surface area contributed by atoms with Gasteiger partial charge in [0.2, 0.25) is 0 Å². The summed E-state index contributed by atoms with van der Waals surface area (Å²) in [5, 5.41) is 3.89. The highest BCUT2D eigenvalue weighted by molar-refractivity contribution is 6.26. The number of ether oxygens (including phenoxy) is 1. The lowest BCUT2D eigenvalue weighted by Gasteiger charge is -2.14. The monoisotopic (exact) mass is 271 g/mol. The lowest BCUT2D eigenvalue weighted by molar-refractivity contribution is -0.136. The average Bonchev–Trinajstić information content (AvgIpc) is 3.11. The summed E-state index contributed by atoms with van der Waals surface area (Å²) in [7, 11) is 1.62. The molecule has 2 aliphatic rings. The number of allylic oxidation sites excluding steroid dienone is 3. The SMILES string of the molecule is COC1=CCC(C2=NOC(=O)/C2=C\c2ccco2)C=C1. The maximum atomic E-state index is 11.8. The lowest BCUT2D eigenvalue weighted by Crippen LogP contribution is -2.16. The van der Waals surface area contributed by atoms with E-state index in [1.165, 1.54) is 0 Å². The molecular weight excluding hydrogens is 258 g/mol. The van der Waals surface area contributed by atoms with E-state index in [9.17, 15) is 4.79 Å². The van der Waals surface area contributed by atoms with Gasteiger partial charge >= 0.3 is 5.97 Å². The molecule has 5 heteroatoms. The second kappa shape index (κ2) is 5.21. The van der Waals surface area contributed by atoms with E-state index in [-0.39, 0.29) is 5.92 Å². The summed E-state index contributed by atoms with van der Waals surface area (Å²) in [5.74, 6) is 0.955. The lowest BCUT2D eigenvalue weighted by atomic mass is 9.90. The van der Waals surface area contributed by atoms with Crippen molar-refractivity contribution in [1.82, 2.24) is 0 Å². The first-order valence-electron chi connectivity index (χ1n) is 6.25. The van der Waals surface area contributed by atoms with Gasteiger partial charge < -0.3 is 14.0 Å². The average molecular weight is 271 g/mol. The molecule has 5 nitrogen and oxygen atoms in total. The van der Waals surface area contributed by atoms with Gasteiger partial charge in [-0.15, -0.1) is 0 Å². The molecule has 20 heavy (non-hydrogen) atoms. The van der Waals surface area contributed by atoms with Gasteiger partial charge in [0.15, 0.2) is 0 Å². The number of hydrogen-bond acceptors (Lipinski definition) is 5. The van der Waals surface area contributed by atoms with E-state index < -0.39 is 5.97 Å². The Morgan fingerprint density at radius 3 is 3.05 bits per heavy atom. The molecule has 1 aliphatic carbocycles. The van der Waals surface area contributed by atoms with Crippen LogP contribution >= 0.6 is 0 Å². The highest BCUT2D eigenvalue weighted by atomic mass is 16.7. The van der Waals surface area contributed by atoms with Crippen LogP contribution in [0, 0.1) is 5.92 Å². The summed E-state index contributed by atoms with van der Waals surface area (Å²) in [5.41, 5.74) is 1.05. The van der Waals surface area contributed by atoms with E-state index in [0.717, 1.165) is 5.76 Å². The third kappa shape index (κ3) is 2.30. The Bertz CT molecular complexity index is 635. The van der Waals surface area contributed by atoms with Gasteiger partial charge in [-0.2, -0.15) is 0 Å².